The van der Waals surface area contributed by atoms with Gasteiger partial charge in [-0.3, -0.25) is 4.79 Å². The molecule has 1 aromatic rings. The van der Waals surface area contributed by atoms with Crippen LogP contribution in [0.5, 0.6) is 0 Å². The highest BCUT2D eigenvalue weighted by Gasteiger charge is 2.60. The first-order valence-electron chi connectivity index (χ1n) is 11.2. The van der Waals surface area contributed by atoms with Crippen molar-refractivity contribution in [3.05, 3.63) is 15.4 Å². The zero-order valence-electron chi connectivity index (χ0n) is 16.5. The minimum atomic E-state index is -0.611. The van der Waals surface area contributed by atoms with E-state index in [2.05, 4.69) is 4.57 Å². The fourth-order valence-electron chi connectivity index (χ4n) is 7.31. The first-order valence-corrected chi connectivity index (χ1v) is 12.0. The lowest BCUT2D eigenvalue weighted by Gasteiger charge is -2.58. The van der Waals surface area contributed by atoms with Gasteiger partial charge in [0, 0.05) is 17.2 Å². The average molecular weight is 403 g/mol. The van der Waals surface area contributed by atoms with E-state index in [9.17, 15) is 9.90 Å². The van der Waals surface area contributed by atoms with Crippen LogP contribution in [0.15, 0.2) is 4.99 Å². The molecule has 4 bridgehead atoms. The number of nitrogens with zero attached hydrogens (tertiary/aromatic N) is 2. The summed E-state index contributed by atoms with van der Waals surface area (Å²) in [4.78, 5) is 20.6. The summed E-state index contributed by atoms with van der Waals surface area (Å²) in [7, 11) is 0. The Hall–Kier alpha value is -0.980. The summed E-state index contributed by atoms with van der Waals surface area (Å²) < 4.78 is 8.19. The number of rotatable bonds is 3. The summed E-state index contributed by atoms with van der Waals surface area (Å²) in [5.41, 5.74) is 0.367. The zero-order chi connectivity index (χ0) is 18.9. The van der Waals surface area contributed by atoms with E-state index in [0.717, 1.165) is 69.3 Å². The number of aryl methyl sites for hydroxylation is 1. The van der Waals surface area contributed by atoms with E-state index in [-0.39, 0.29) is 12.0 Å². The highest BCUT2D eigenvalue weighted by atomic mass is 32.1. The quantitative estimate of drug-likeness (QED) is 0.845. The Kier molecular flexibility index (Phi) is 3.99. The molecule has 4 saturated carbocycles. The summed E-state index contributed by atoms with van der Waals surface area (Å²) in [5.74, 6) is 1.07. The Bertz CT molecular complexity index is 865. The lowest BCUT2D eigenvalue weighted by molar-refractivity contribution is -0.175. The van der Waals surface area contributed by atoms with Crippen molar-refractivity contribution < 1.29 is 14.6 Å². The summed E-state index contributed by atoms with van der Waals surface area (Å²) in [6.07, 6.45) is 11.4. The van der Waals surface area contributed by atoms with E-state index >= 15 is 0 Å². The number of aromatic nitrogens is 1. The topological polar surface area (TPSA) is 63.8 Å². The van der Waals surface area contributed by atoms with Gasteiger partial charge in [0.25, 0.3) is 5.91 Å². The number of carbonyl (C=O) groups excluding carboxylic acids is 1. The van der Waals surface area contributed by atoms with E-state index in [1.807, 2.05) is 0 Å². The lowest BCUT2D eigenvalue weighted by atomic mass is 9.47. The molecular formula is C22H30N2O3S. The maximum atomic E-state index is 13.5. The van der Waals surface area contributed by atoms with Crippen LogP contribution in [0.3, 0.4) is 0 Å². The molecule has 6 heteroatoms. The van der Waals surface area contributed by atoms with Crippen molar-refractivity contribution >= 4 is 17.2 Å². The highest BCUT2D eigenvalue weighted by molar-refractivity contribution is 7.09. The van der Waals surface area contributed by atoms with Gasteiger partial charge < -0.3 is 14.4 Å². The Morgan fingerprint density at radius 3 is 2.75 bits per heavy atom. The number of hydrogen-bond donors (Lipinski definition) is 1. The van der Waals surface area contributed by atoms with Crippen LogP contribution in [0.1, 0.15) is 68.4 Å². The van der Waals surface area contributed by atoms with Crippen LogP contribution in [0, 0.1) is 17.3 Å². The molecule has 0 spiro atoms. The van der Waals surface area contributed by atoms with Crippen LogP contribution in [0.2, 0.25) is 0 Å². The van der Waals surface area contributed by atoms with Gasteiger partial charge >= 0.3 is 0 Å². The van der Waals surface area contributed by atoms with Crippen LogP contribution in [-0.4, -0.2) is 33.9 Å². The van der Waals surface area contributed by atoms with E-state index in [1.165, 1.54) is 23.4 Å². The molecule has 1 N–H and O–H groups in total. The second kappa shape index (κ2) is 6.26. The van der Waals surface area contributed by atoms with Crippen molar-refractivity contribution in [1.82, 2.24) is 4.57 Å². The van der Waals surface area contributed by atoms with Crippen LogP contribution >= 0.6 is 11.3 Å². The van der Waals surface area contributed by atoms with Gasteiger partial charge in [0.2, 0.25) is 0 Å². The second-order valence-electron chi connectivity index (χ2n) is 10.2. The molecule has 7 rings (SSSR count). The first-order chi connectivity index (χ1) is 13.5. The van der Waals surface area contributed by atoms with Gasteiger partial charge in [-0.2, -0.15) is 4.99 Å². The molecule has 6 aliphatic rings. The van der Waals surface area contributed by atoms with E-state index in [1.54, 1.807) is 11.3 Å². The van der Waals surface area contributed by atoms with E-state index in [0.29, 0.717) is 18.3 Å². The number of aliphatic hydroxyl groups is 1. The predicted octanol–water partition coefficient (Wildman–Crippen LogP) is 2.98. The third-order valence-electron chi connectivity index (χ3n) is 8.00. The molecule has 1 amide bonds. The number of amides is 1. The van der Waals surface area contributed by atoms with Crippen LogP contribution in [0.4, 0.5) is 0 Å². The maximum absolute atomic E-state index is 13.5. The van der Waals surface area contributed by atoms with Crippen molar-refractivity contribution in [1.29, 1.82) is 0 Å². The molecule has 28 heavy (non-hydrogen) atoms. The fourth-order valence-corrected chi connectivity index (χ4v) is 8.53. The number of hydrogen-bond acceptors (Lipinski definition) is 4. The SMILES string of the molecule is O=C(N=c1sc2c(n1CC1CCCO1)CCC2)C12CC3CC(CC(O)(C3)C1)C2. The summed E-state index contributed by atoms with van der Waals surface area (Å²) in [6, 6.07) is 0. The highest BCUT2D eigenvalue weighted by Crippen LogP contribution is 2.62. The molecule has 2 heterocycles. The number of ether oxygens (including phenoxy) is 1. The number of fused-ring (bicyclic) bond motifs is 1. The molecule has 152 valence electrons. The first kappa shape index (κ1) is 17.8. The Morgan fingerprint density at radius 1 is 1.21 bits per heavy atom. The maximum Gasteiger partial charge on any atom is 0.254 e. The lowest BCUT2D eigenvalue weighted by Crippen LogP contribution is -2.58. The molecular weight excluding hydrogens is 372 g/mol. The van der Waals surface area contributed by atoms with Gasteiger partial charge in [0.15, 0.2) is 4.80 Å². The van der Waals surface area contributed by atoms with Crippen molar-refractivity contribution in [2.24, 2.45) is 22.2 Å². The van der Waals surface area contributed by atoms with Gasteiger partial charge in [-0.05, 0) is 82.5 Å². The minimum absolute atomic E-state index is 0.0426. The molecule has 1 saturated heterocycles. The smallest absolute Gasteiger partial charge is 0.254 e. The van der Waals surface area contributed by atoms with E-state index in [4.69, 9.17) is 9.73 Å². The average Bonchev–Trinajstić information content (AvgIpc) is 3.33. The zero-order valence-corrected chi connectivity index (χ0v) is 17.3. The van der Waals surface area contributed by atoms with Gasteiger partial charge in [-0.15, -0.1) is 11.3 Å². The van der Waals surface area contributed by atoms with Crippen LogP contribution < -0.4 is 4.80 Å². The molecule has 1 aliphatic heterocycles. The second-order valence-corrected chi connectivity index (χ2v) is 11.3. The Balaban J connectivity index is 1.36. The summed E-state index contributed by atoms with van der Waals surface area (Å²) in [5, 5.41) is 11.0. The Morgan fingerprint density at radius 2 is 2.04 bits per heavy atom. The normalized spacial score (nSPS) is 41.8. The van der Waals surface area contributed by atoms with E-state index < -0.39 is 11.0 Å². The summed E-state index contributed by atoms with van der Waals surface area (Å²) in [6.45, 7) is 1.69. The van der Waals surface area contributed by atoms with Gasteiger partial charge in [0.05, 0.1) is 23.7 Å². The molecule has 1 aromatic heterocycles. The van der Waals surface area contributed by atoms with Crippen molar-refractivity contribution in [2.45, 2.75) is 88.9 Å². The molecule has 3 unspecified atom stereocenters. The largest absolute Gasteiger partial charge is 0.390 e. The molecule has 0 radical (unpaired) electrons. The molecule has 5 fully saturated rings. The predicted molar refractivity (Wildman–Crippen MR) is 106 cm³/mol. The van der Waals surface area contributed by atoms with Crippen molar-refractivity contribution in [3.8, 4) is 0 Å². The molecule has 3 atom stereocenters. The molecule has 5 nitrogen and oxygen atoms in total. The van der Waals surface area contributed by atoms with Crippen LogP contribution in [-0.2, 0) is 28.9 Å². The van der Waals surface area contributed by atoms with Crippen LogP contribution in [0.25, 0.3) is 0 Å². The minimum Gasteiger partial charge on any atom is -0.390 e. The third kappa shape index (κ3) is 2.78. The van der Waals surface area contributed by atoms with Gasteiger partial charge in [0.1, 0.15) is 0 Å². The monoisotopic (exact) mass is 402 g/mol. The van der Waals surface area contributed by atoms with Gasteiger partial charge in [-0.25, -0.2) is 0 Å². The standard InChI is InChI=1S/C22H30N2O3S/c25-19(21-8-14-7-15(9-21)11-22(26,10-14)13-21)23-20-24(12-16-3-2-6-27-16)17-4-1-5-18(17)28-20/h14-16,26H,1-13H2. The van der Waals surface area contributed by atoms with Crippen molar-refractivity contribution in [3.63, 3.8) is 0 Å². The molecule has 5 aliphatic carbocycles. The van der Waals surface area contributed by atoms with Gasteiger partial charge in [-0.1, -0.05) is 0 Å². The fraction of sp³-hybridized carbons (Fsp3) is 0.818. The number of thiazole rings is 1. The third-order valence-corrected chi connectivity index (χ3v) is 9.18. The Labute approximate surface area is 169 Å². The summed E-state index contributed by atoms with van der Waals surface area (Å²) >= 11 is 1.72. The number of carbonyl (C=O) groups is 1. The molecule has 0 aromatic carbocycles. The van der Waals surface area contributed by atoms with Crippen molar-refractivity contribution in [2.75, 3.05) is 6.61 Å².